The van der Waals surface area contributed by atoms with Crippen LogP contribution in [0.4, 0.5) is 5.69 Å². The van der Waals surface area contributed by atoms with Crippen LogP contribution in [0, 0.1) is 0 Å². The molecule has 3 rings (SSSR count). The normalized spacial score (nSPS) is 17.4. The van der Waals surface area contributed by atoms with Gasteiger partial charge in [-0.25, -0.2) is 0 Å². The van der Waals surface area contributed by atoms with E-state index in [-0.39, 0.29) is 0 Å². The van der Waals surface area contributed by atoms with E-state index < -0.39 is 5.60 Å². The summed E-state index contributed by atoms with van der Waals surface area (Å²) in [4.78, 5) is 9.18. The molecule has 0 spiro atoms. The zero-order valence-corrected chi connectivity index (χ0v) is 12.8. The molecule has 4 heteroatoms. The fourth-order valence-corrected chi connectivity index (χ4v) is 3.05. The average Bonchev–Trinajstić information content (AvgIpc) is 2.46. The highest BCUT2D eigenvalue weighted by Gasteiger charge is 2.23. The van der Waals surface area contributed by atoms with Gasteiger partial charge >= 0.3 is 0 Å². The molecule has 4 nitrogen and oxygen atoms in total. The number of β-amino-alcohol motifs (C(OH)–C–C–N with tert-alkyl or cyclic N) is 1. The summed E-state index contributed by atoms with van der Waals surface area (Å²) in [6, 6.07) is 10.4. The fourth-order valence-electron chi connectivity index (χ4n) is 3.05. The molecule has 1 N–H and O–H groups in total. The molecule has 0 bridgehead atoms. The van der Waals surface area contributed by atoms with Crippen molar-refractivity contribution in [3.63, 3.8) is 0 Å². The summed E-state index contributed by atoms with van der Waals surface area (Å²) in [5.74, 6) is 0. The van der Waals surface area contributed by atoms with E-state index in [1.54, 1.807) is 0 Å². The molecule has 0 amide bonds. The summed E-state index contributed by atoms with van der Waals surface area (Å²) in [7, 11) is 0. The lowest BCUT2D eigenvalue weighted by Gasteiger charge is -2.38. The van der Waals surface area contributed by atoms with Gasteiger partial charge in [0, 0.05) is 50.0 Å². The summed E-state index contributed by atoms with van der Waals surface area (Å²) in [5.41, 5.74) is 1.70. The third-order valence-electron chi connectivity index (χ3n) is 3.95. The molecule has 1 aliphatic heterocycles. The maximum absolute atomic E-state index is 9.93. The Labute approximate surface area is 126 Å². The van der Waals surface area contributed by atoms with Crippen LogP contribution in [0.5, 0.6) is 0 Å². The first-order valence-corrected chi connectivity index (χ1v) is 7.56. The van der Waals surface area contributed by atoms with Crippen LogP contribution >= 0.6 is 0 Å². The van der Waals surface area contributed by atoms with E-state index in [2.05, 4.69) is 39.0 Å². The Balaban J connectivity index is 1.74. The van der Waals surface area contributed by atoms with E-state index in [1.165, 1.54) is 11.1 Å². The highest BCUT2D eigenvalue weighted by Crippen LogP contribution is 2.26. The number of pyridine rings is 1. The molecule has 2 heterocycles. The van der Waals surface area contributed by atoms with Gasteiger partial charge in [-0.1, -0.05) is 18.2 Å². The van der Waals surface area contributed by atoms with Crippen LogP contribution in [0.15, 0.2) is 36.5 Å². The number of piperazine rings is 1. The van der Waals surface area contributed by atoms with Gasteiger partial charge in [0.25, 0.3) is 0 Å². The van der Waals surface area contributed by atoms with Crippen LogP contribution in [-0.4, -0.2) is 53.3 Å². The van der Waals surface area contributed by atoms with Crippen LogP contribution in [0.25, 0.3) is 10.9 Å². The fraction of sp³-hybridized carbons (Fsp3) is 0.471. The Bertz CT molecular complexity index is 607. The maximum Gasteiger partial charge on any atom is 0.0722 e. The van der Waals surface area contributed by atoms with E-state index in [1.807, 2.05) is 26.1 Å². The average molecular weight is 285 g/mol. The third kappa shape index (κ3) is 3.34. The molecule has 1 fully saturated rings. The Hall–Kier alpha value is -1.65. The van der Waals surface area contributed by atoms with Crippen molar-refractivity contribution in [3.8, 4) is 0 Å². The van der Waals surface area contributed by atoms with Crippen LogP contribution in [0.3, 0.4) is 0 Å². The number of aliphatic hydroxyl groups is 1. The van der Waals surface area contributed by atoms with E-state index >= 15 is 0 Å². The number of anilines is 1. The summed E-state index contributed by atoms with van der Waals surface area (Å²) in [5, 5.41) is 11.1. The molecule has 0 atom stereocenters. The second-order valence-corrected chi connectivity index (χ2v) is 6.42. The van der Waals surface area contributed by atoms with Gasteiger partial charge in [-0.3, -0.25) is 9.88 Å². The summed E-state index contributed by atoms with van der Waals surface area (Å²) < 4.78 is 0. The van der Waals surface area contributed by atoms with E-state index in [4.69, 9.17) is 0 Å². The number of aromatic nitrogens is 1. The van der Waals surface area contributed by atoms with Gasteiger partial charge in [0.05, 0.1) is 11.1 Å². The molecule has 1 aromatic carbocycles. The quantitative estimate of drug-likeness (QED) is 0.938. The Morgan fingerprint density at radius 1 is 1.10 bits per heavy atom. The van der Waals surface area contributed by atoms with Gasteiger partial charge in [-0.2, -0.15) is 0 Å². The largest absolute Gasteiger partial charge is 0.389 e. The van der Waals surface area contributed by atoms with Gasteiger partial charge in [0.1, 0.15) is 0 Å². The Morgan fingerprint density at radius 2 is 1.81 bits per heavy atom. The predicted molar refractivity (Wildman–Crippen MR) is 86.7 cm³/mol. The number of rotatable bonds is 3. The smallest absolute Gasteiger partial charge is 0.0722 e. The van der Waals surface area contributed by atoms with E-state index in [0.717, 1.165) is 38.2 Å². The second kappa shape index (κ2) is 5.62. The van der Waals surface area contributed by atoms with Gasteiger partial charge < -0.3 is 10.0 Å². The highest BCUT2D eigenvalue weighted by molar-refractivity contribution is 5.91. The number of para-hydroxylation sites is 1. The van der Waals surface area contributed by atoms with E-state index in [9.17, 15) is 5.11 Å². The van der Waals surface area contributed by atoms with Gasteiger partial charge in [-0.05, 0) is 26.0 Å². The molecule has 1 saturated heterocycles. The minimum Gasteiger partial charge on any atom is -0.389 e. The van der Waals surface area contributed by atoms with Crippen LogP contribution in [0.1, 0.15) is 13.8 Å². The minimum atomic E-state index is -0.620. The summed E-state index contributed by atoms with van der Waals surface area (Å²) in [6.45, 7) is 8.43. The molecular weight excluding hydrogens is 262 g/mol. The lowest BCUT2D eigenvalue weighted by atomic mass is 10.1. The lowest BCUT2D eigenvalue weighted by molar-refractivity contribution is 0.0345. The molecule has 0 unspecified atom stereocenters. The molecule has 2 aromatic rings. The highest BCUT2D eigenvalue weighted by atomic mass is 16.3. The van der Waals surface area contributed by atoms with Gasteiger partial charge in [-0.15, -0.1) is 0 Å². The summed E-state index contributed by atoms with van der Waals surface area (Å²) in [6.07, 6.45) is 1.89. The Kier molecular flexibility index (Phi) is 3.83. The minimum absolute atomic E-state index is 0.620. The first-order chi connectivity index (χ1) is 10.0. The van der Waals surface area contributed by atoms with Crippen molar-refractivity contribution >= 4 is 16.6 Å². The predicted octanol–water partition coefficient (Wildman–Crippen LogP) is 2.13. The van der Waals surface area contributed by atoms with Crippen molar-refractivity contribution < 1.29 is 5.11 Å². The van der Waals surface area contributed by atoms with Crippen molar-refractivity contribution in [3.05, 3.63) is 36.5 Å². The van der Waals surface area contributed by atoms with Crippen molar-refractivity contribution in [1.29, 1.82) is 0 Å². The first-order valence-electron chi connectivity index (χ1n) is 7.56. The topological polar surface area (TPSA) is 39.6 Å². The molecule has 1 aliphatic rings. The molecule has 112 valence electrons. The zero-order chi connectivity index (χ0) is 14.9. The van der Waals surface area contributed by atoms with Crippen LogP contribution < -0.4 is 4.90 Å². The molecule has 1 aromatic heterocycles. The number of benzene rings is 1. The number of fused-ring (bicyclic) bond motifs is 1. The molecule has 0 saturated carbocycles. The number of nitrogens with zero attached hydrogens (tertiary/aromatic N) is 3. The third-order valence-corrected chi connectivity index (χ3v) is 3.95. The van der Waals surface area contributed by atoms with Crippen molar-refractivity contribution in [2.75, 3.05) is 37.6 Å². The molecule has 0 aliphatic carbocycles. The van der Waals surface area contributed by atoms with Crippen molar-refractivity contribution in [1.82, 2.24) is 9.88 Å². The van der Waals surface area contributed by atoms with E-state index in [0.29, 0.717) is 0 Å². The van der Waals surface area contributed by atoms with Gasteiger partial charge in [0.2, 0.25) is 0 Å². The first kappa shape index (κ1) is 14.3. The monoisotopic (exact) mass is 285 g/mol. The summed E-state index contributed by atoms with van der Waals surface area (Å²) >= 11 is 0. The van der Waals surface area contributed by atoms with Gasteiger partial charge in [0.15, 0.2) is 0 Å². The lowest BCUT2D eigenvalue weighted by Crippen LogP contribution is -2.50. The number of hydrogen-bond acceptors (Lipinski definition) is 4. The standard InChI is InChI=1S/C17H23N3O/c1-17(2,21)13-19-9-11-20(12-10-19)16-7-8-18-15-6-4-3-5-14(15)16/h3-8,21H,9-13H2,1-2H3. The van der Waals surface area contributed by atoms with Crippen molar-refractivity contribution in [2.24, 2.45) is 0 Å². The van der Waals surface area contributed by atoms with Crippen LogP contribution in [0.2, 0.25) is 0 Å². The van der Waals surface area contributed by atoms with Crippen LogP contribution in [-0.2, 0) is 0 Å². The Morgan fingerprint density at radius 3 is 2.52 bits per heavy atom. The second-order valence-electron chi connectivity index (χ2n) is 6.42. The SMILES string of the molecule is CC(C)(O)CN1CCN(c2ccnc3ccccc23)CC1. The molecule has 0 radical (unpaired) electrons. The number of hydrogen-bond donors (Lipinski definition) is 1. The maximum atomic E-state index is 9.93. The molecular formula is C17H23N3O. The molecule has 21 heavy (non-hydrogen) atoms. The van der Waals surface area contributed by atoms with Crippen molar-refractivity contribution in [2.45, 2.75) is 19.4 Å². The zero-order valence-electron chi connectivity index (χ0n) is 12.8.